The molecule has 3 nitrogen and oxygen atoms in total. The topological polar surface area (TPSA) is 24.5 Å². The van der Waals surface area contributed by atoms with Crippen molar-refractivity contribution in [1.29, 1.82) is 0 Å². The molecule has 2 aromatic carbocycles. The first-order chi connectivity index (χ1) is 12.4. The van der Waals surface area contributed by atoms with Crippen LogP contribution in [0.5, 0.6) is 5.75 Å². The molecule has 1 N–H and O–H groups in total. The lowest BCUT2D eigenvalue weighted by Crippen LogP contribution is -2.45. The van der Waals surface area contributed by atoms with Crippen LogP contribution in [0.25, 0.3) is 0 Å². The predicted octanol–water partition coefficient (Wildman–Crippen LogP) is 4.18. The average molecular weight is 336 g/mol. The highest BCUT2D eigenvalue weighted by molar-refractivity contribution is 5.36. The van der Waals surface area contributed by atoms with E-state index in [0.29, 0.717) is 12.6 Å². The van der Waals surface area contributed by atoms with E-state index in [4.69, 9.17) is 4.74 Å². The molecule has 1 heterocycles. The lowest BCUT2D eigenvalue weighted by Gasteiger charge is -2.36. The molecule has 3 rings (SSSR count). The third-order valence-corrected chi connectivity index (χ3v) is 4.75. The molecule has 2 aromatic rings. The van der Waals surface area contributed by atoms with Gasteiger partial charge in [0.15, 0.2) is 0 Å². The van der Waals surface area contributed by atoms with Gasteiger partial charge in [-0.05, 0) is 24.5 Å². The van der Waals surface area contributed by atoms with Crippen molar-refractivity contribution < 1.29 is 4.74 Å². The van der Waals surface area contributed by atoms with E-state index in [1.54, 1.807) is 0 Å². The molecule has 132 valence electrons. The number of hydrogen-bond acceptors (Lipinski definition) is 3. The van der Waals surface area contributed by atoms with Gasteiger partial charge >= 0.3 is 0 Å². The van der Waals surface area contributed by atoms with Crippen LogP contribution in [-0.2, 0) is 6.61 Å². The third-order valence-electron chi connectivity index (χ3n) is 4.75. The minimum absolute atomic E-state index is 0.382. The molecule has 0 radical (unpaired) electrons. The van der Waals surface area contributed by atoms with E-state index in [1.807, 2.05) is 12.1 Å². The van der Waals surface area contributed by atoms with Gasteiger partial charge in [-0.3, -0.25) is 4.90 Å². The Morgan fingerprint density at radius 2 is 1.76 bits per heavy atom. The minimum Gasteiger partial charge on any atom is -0.489 e. The Kier molecular flexibility index (Phi) is 6.66. The summed E-state index contributed by atoms with van der Waals surface area (Å²) in [5.74, 6) is 0.999. The monoisotopic (exact) mass is 336 g/mol. The van der Waals surface area contributed by atoms with Crippen LogP contribution in [0.1, 0.15) is 30.0 Å². The zero-order valence-corrected chi connectivity index (χ0v) is 14.9. The van der Waals surface area contributed by atoms with Gasteiger partial charge in [0.2, 0.25) is 0 Å². The van der Waals surface area contributed by atoms with Gasteiger partial charge in [0.05, 0.1) is 0 Å². The molecule has 0 bridgehead atoms. The maximum atomic E-state index is 6.21. The van der Waals surface area contributed by atoms with Crippen molar-refractivity contribution >= 4 is 0 Å². The maximum Gasteiger partial charge on any atom is 0.124 e. The zero-order valence-electron chi connectivity index (χ0n) is 14.9. The number of nitrogens with one attached hydrogen (secondary N) is 1. The van der Waals surface area contributed by atoms with Crippen LogP contribution in [0.4, 0.5) is 0 Å². The molecular formula is C22H28N2O. The highest BCUT2D eigenvalue weighted by Gasteiger charge is 2.24. The van der Waals surface area contributed by atoms with Crippen molar-refractivity contribution in [2.45, 2.75) is 25.5 Å². The largest absolute Gasteiger partial charge is 0.489 e. The number of allylic oxidation sites excluding steroid dienone is 1. The number of hydrogen-bond donors (Lipinski definition) is 1. The van der Waals surface area contributed by atoms with E-state index < -0.39 is 0 Å². The lowest BCUT2D eigenvalue weighted by molar-refractivity contribution is 0.161. The van der Waals surface area contributed by atoms with E-state index in [1.165, 1.54) is 11.1 Å². The fraction of sp³-hybridized carbons (Fsp3) is 0.364. The second kappa shape index (κ2) is 9.40. The molecule has 25 heavy (non-hydrogen) atoms. The highest BCUT2D eigenvalue weighted by atomic mass is 16.5. The predicted molar refractivity (Wildman–Crippen MR) is 104 cm³/mol. The maximum absolute atomic E-state index is 6.21. The first kappa shape index (κ1) is 17.7. The van der Waals surface area contributed by atoms with Crippen LogP contribution in [-0.4, -0.2) is 31.1 Å². The summed E-state index contributed by atoms with van der Waals surface area (Å²) in [5.41, 5.74) is 2.49. The lowest BCUT2D eigenvalue weighted by atomic mass is 9.98. The summed E-state index contributed by atoms with van der Waals surface area (Å²) < 4.78 is 6.21. The zero-order chi connectivity index (χ0) is 17.3. The molecule has 3 heteroatoms. The van der Waals surface area contributed by atoms with Gasteiger partial charge < -0.3 is 10.1 Å². The van der Waals surface area contributed by atoms with E-state index in [9.17, 15) is 0 Å². The molecule has 0 spiro atoms. The summed E-state index contributed by atoms with van der Waals surface area (Å²) in [4.78, 5) is 2.57. The quantitative estimate of drug-likeness (QED) is 0.732. The fourth-order valence-electron chi connectivity index (χ4n) is 3.43. The summed E-state index contributed by atoms with van der Waals surface area (Å²) in [6.45, 7) is 8.78. The van der Waals surface area contributed by atoms with Gasteiger partial charge in [0.1, 0.15) is 12.4 Å². The van der Waals surface area contributed by atoms with Crippen molar-refractivity contribution in [3.05, 3.63) is 78.4 Å². The molecule has 1 saturated heterocycles. The van der Waals surface area contributed by atoms with Crippen molar-refractivity contribution in [3.63, 3.8) is 0 Å². The van der Waals surface area contributed by atoms with Crippen LogP contribution >= 0.6 is 0 Å². The van der Waals surface area contributed by atoms with Gasteiger partial charge in [-0.25, -0.2) is 0 Å². The SMILES string of the molecule is C=CCC[C@@H](c1ccccc1OCc1ccccc1)N1CCNCC1. The van der Waals surface area contributed by atoms with Crippen LogP contribution in [0.15, 0.2) is 67.3 Å². The standard InChI is InChI=1S/C22H28N2O/c1-2-3-12-21(24-16-14-23-15-17-24)20-11-7-8-13-22(20)25-18-19-9-5-4-6-10-19/h2,4-11,13,21,23H,1,3,12,14-18H2/t21-/m0/s1. The summed E-state index contributed by atoms with van der Waals surface area (Å²) in [7, 11) is 0. The Morgan fingerprint density at radius 1 is 1.04 bits per heavy atom. The molecular weight excluding hydrogens is 308 g/mol. The van der Waals surface area contributed by atoms with Crippen molar-refractivity contribution in [1.82, 2.24) is 10.2 Å². The Balaban J connectivity index is 1.78. The molecule has 0 aliphatic carbocycles. The molecule has 0 aromatic heterocycles. The molecule has 1 fully saturated rings. The van der Waals surface area contributed by atoms with Gasteiger partial charge in [-0.1, -0.05) is 54.6 Å². The number of nitrogens with zero attached hydrogens (tertiary/aromatic N) is 1. The van der Waals surface area contributed by atoms with E-state index in [2.05, 4.69) is 65.3 Å². The number of piperazine rings is 1. The summed E-state index contributed by atoms with van der Waals surface area (Å²) in [6, 6.07) is 19.2. The molecule has 1 aliphatic heterocycles. The molecule has 1 atom stereocenters. The van der Waals surface area contributed by atoms with E-state index >= 15 is 0 Å². The number of para-hydroxylation sites is 1. The fourth-order valence-corrected chi connectivity index (χ4v) is 3.43. The van der Waals surface area contributed by atoms with E-state index in [0.717, 1.165) is 44.8 Å². The number of benzene rings is 2. The smallest absolute Gasteiger partial charge is 0.124 e. The second-order valence-corrected chi connectivity index (χ2v) is 6.48. The highest BCUT2D eigenvalue weighted by Crippen LogP contribution is 2.33. The number of rotatable bonds is 8. The summed E-state index contributed by atoms with van der Waals surface area (Å²) >= 11 is 0. The third kappa shape index (κ3) is 4.94. The van der Waals surface area contributed by atoms with Crippen LogP contribution in [0.2, 0.25) is 0 Å². The van der Waals surface area contributed by atoms with Crippen molar-refractivity contribution in [3.8, 4) is 5.75 Å². The Hall–Kier alpha value is -2.10. The Morgan fingerprint density at radius 3 is 2.52 bits per heavy atom. The van der Waals surface area contributed by atoms with Gasteiger partial charge in [0, 0.05) is 37.8 Å². The Bertz CT molecular complexity index is 650. The molecule has 0 saturated carbocycles. The normalized spacial score (nSPS) is 16.3. The van der Waals surface area contributed by atoms with Gasteiger partial charge in [-0.15, -0.1) is 6.58 Å². The van der Waals surface area contributed by atoms with Gasteiger partial charge in [0.25, 0.3) is 0 Å². The minimum atomic E-state index is 0.382. The summed E-state index contributed by atoms with van der Waals surface area (Å²) in [6.07, 6.45) is 4.11. The number of ether oxygens (including phenoxy) is 1. The Labute approximate surface area is 151 Å². The molecule has 1 aliphatic rings. The van der Waals surface area contributed by atoms with Crippen molar-refractivity contribution in [2.24, 2.45) is 0 Å². The molecule has 0 amide bonds. The van der Waals surface area contributed by atoms with Crippen molar-refractivity contribution in [2.75, 3.05) is 26.2 Å². The van der Waals surface area contributed by atoms with Crippen LogP contribution < -0.4 is 10.1 Å². The van der Waals surface area contributed by atoms with Crippen LogP contribution in [0, 0.1) is 0 Å². The average Bonchev–Trinajstić information content (AvgIpc) is 2.69. The molecule has 0 unspecified atom stereocenters. The van der Waals surface area contributed by atoms with Gasteiger partial charge in [-0.2, -0.15) is 0 Å². The first-order valence-electron chi connectivity index (χ1n) is 9.20. The van der Waals surface area contributed by atoms with E-state index in [-0.39, 0.29) is 0 Å². The first-order valence-corrected chi connectivity index (χ1v) is 9.20. The second-order valence-electron chi connectivity index (χ2n) is 6.48. The van der Waals surface area contributed by atoms with Crippen LogP contribution in [0.3, 0.4) is 0 Å². The summed E-state index contributed by atoms with van der Waals surface area (Å²) in [5, 5.41) is 3.45.